The lowest BCUT2D eigenvalue weighted by atomic mass is 9.72. The van der Waals surface area contributed by atoms with Gasteiger partial charge >= 0.3 is 12.1 Å². The fourth-order valence-corrected chi connectivity index (χ4v) is 9.55. The number of ether oxygens (including phenoxy) is 1. The van der Waals surface area contributed by atoms with Crippen molar-refractivity contribution in [1.82, 2.24) is 4.90 Å². The van der Waals surface area contributed by atoms with Gasteiger partial charge in [-0.2, -0.15) is 0 Å². The van der Waals surface area contributed by atoms with Crippen molar-refractivity contribution in [2.45, 2.75) is 42.1 Å². The number of aliphatic carboxylic acids is 1. The molecule has 3 saturated heterocycles. The molecule has 2 aromatic carbocycles. The van der Waals surface area contributed by atoms with Gasteiger partial charge in [0, 0.05) is 24.4 Å². The highest BCUT2D eigenvalue weighted by Gasteiger charge is 2.61. The fourth-order valence-electron chi connectivity index (χ4n) is 6.95. The number of carboxylic acids is 1. The summed E-state index contributed by atoms with van der Waals surface area (Å²) < 4.78 is 31.0. The van der Waals surface area contributed by atoms with Gasteiger partial charge in [0.25, 0.3) is 0 Å². The van der Waals surface area contributed by atoms with Gasteiger partial charge in [0.05, 0.1) is 16.4 Å². The monoisotopic (exact) mass is 481 g/mol. The van der Waals surface area contributed by atoms with E-state index in [1.54, 1.807) is 0 Å². The number of benzene rings is 2. The Hall–Kier alpha value is -2.87. The minimum absolute atomic E-state index is 0.0610. The summed E-state index contributed by atoms with van der Waals surface area (Å²) >= 11 is 0. The molecule has 34 heavy (non-hydrogen) atoms. The first-order chi connectivity index (χ1) is 16.3. The molecule has 1 amide bonds. The van der Waals surface area contributed by atoms with Crippen molar-refractivity contribution >= 4 is 21.9 Å². The summed E-state index contributed by atoms with van der Waals surface area (Å²) in [5.74, 6) is -1.81. The molecule has 0 aromatic heterocycles. The van der Waals surface area contributed by atoms with Crippen molar-refractivity contribution < 1.29 is 27.9 Å². The standard InChI is InChI=1S/C26H27NO6S/c28-24(29)23-13-27(15-26(23)11-16-9-10-17(12-26)34(16,31)32)25(30)33-14-22-20-7-3-1-5-18(20)19-6-2-4-8-21(19)22/h1-8,16-17,22-23H,9-15H2,(H,28,29). The molecule has 6 rings (SSSR count). The fraction of sp³-hybridized carbons (Fsp3) is 0.462. The van der Waals surface area contributed by atoms with E-state index in [9.17, 15) is 23.1 Å². The summed E-state index contributed by atoms with van der Waals surface area (Å²) in [5, 5.41) is 8.97. The van der Waals surface area contributed by atoms with Crippen molar-refractivity contribution in [3.05, 3.63) is 59.7 Å². The zero-order valence-corrected chi connectivity index (χ0v) is 19.5. The maximum Gasteiger partial charge on any atom is 0.409 e. The molecule has 7 nitrogen and oxygen atoms in total. The summed E-state index contributed by atoms with van der Waals surface area (Å²) in [7, 11) is -3.19. The number of amides is 1. The lowest BCUT2D eigenvalue weighted by Gasteiger charge is -2.39. The molecule has 3 fully saturated rings. The first-order valence-corrected chi connectivity index (χ1v) is 13.5. The van der Waals surface area contributed by atoms with E-state index in [0.717, 1.165) is 22.3 Å². The normalized spacial score (nSPS) is 30.8. The average molecular weight is 482 g/mol. The largest absolute Gasteiger partial charge is 0.481 e. The van der Waals surface area contributed by atoms with Crippen LogP contribution in [0.1, 0.15) is 42.7 Å². The summed E-state index contributed by atoms with van der Waals surface area (Å²) in [6.07, 6.45) is 1.29. The molecule has 4 aliphatic rings. The first kappa shape index (κ1) is 21.6. The molecule has 1 N–H and O–H groups in total. The highest BCUT2D eigenvalue weighted by Crippen LogP contribution is 2.54. The van der Waals surface area contributed by atoms with Crippen molar-refractivity contribution in [2.24, 2.45) is 11.3 Å². The summed E-state index contributed by atoms with van der Waals surface area (Å²) in [5.41, 5.74) is 3.82. The number of sulfone groups is 1. The topological polar surface area (TPSA) is 101 Å². The predicted molar refractivity (Wildman–Crippen MR) is 125 cm³/mol. The molecule has 3 unspecified atom stereocenters. The third-order valence-electron chi connectivity index (χ3n) is 8.55. The van der Waals surface area contributed by atoms with Crippen LogP contribution in [0.5, 0.6) is 0 Å². The number of rotatable bonds is 3. The predicted octanol–water partition coefficient (Wildman–Crippen LogP) is 3.68. The van der Waals surface area contributed by atoms with Gasteiger partial charge in [-0.05, 0) is 47.9 Å². The zero-order valence-electron chi connectivity index (χ0n) is 18.7. The van der Waals surface area contributed by atoms with Crippen LogP contribution in [0.15, 0.2) is 48.5 Å². The number of nitrogens with zero attached hydrogens (tertiary/aromatic N) is 1. The number of likely N-dealkylation sites (tertiary alicyclic amines) is 1. The van der Waals surface area contributed by atoms with Gasteiger partial charge in [-0.3, -0.25) is 4.79 Å². The van der Waals surface area contributed by atoms with Crippen LogP contribution >= 0.6 is 0 Å². The van der Waals surface area contributed by atoms with Gasteiger partial charge in [0.1, 0.15) is 6.61 Å². The highest BCUT2D eigenvalue weighted by molar-refractivity contribution is 7.93. The maximum atomic E-state index is 13.1. The number of carbonyl (C=O) groups is 2. The number of carbonyl (C=O) groups excluding carboxylic acids is 1. The van der Waals surface area contributed by atoms with Crippen molar-refractivity contribution in [3.63, 3.8) is 0 Å². The van der Waals surface area contributed by atoms with Crippen molar-refractivity contribution in [1.29, 1.82) is 0 Å². The minimum Gasteiger partial charge on any atom is -0.481 e. The third-order valence-corrected chi connectivity index (χ3v) is 11.2. The van der Waals surface area contributed by atoms with Crippen LogP contribution in [0, 0.1) is 11.3 Å². The maximum absolute atomic E-state index is 13.1. The van der Waals surface area contributed by atoms with E-state index in [4.69, 9.17) is 4.74 Å². The van der Waals surface area contributed by atoms with Crippen LogP contribution in [0.25, 0.3) is 11.1 Å². The Morgan fingerprint density at radius 3 is 2.09 bits per heavy atom. The zero-order chi connectivity index (χ0) is 23.7. The van der Waals surface area contributed by atoms with E-state index >= 15 is 0 Å². The minimum atomic E-state index is -3.19. The second-order valence-electron chi connectivity index (χ2n) is 10.3. The third kappa shape index (κ3) is 3.11. The van der Waals surface area contributed by atoms with E-state index in [0.29, 0.717) is 25.7 Å². The molecule has 0 saturated carbocycles. The van der Waals surface area contributed by atoms with E-state index < -0.39 is 43.7 Å². The molecule has 1 spiro atoms. The summed E-state index contributed by atoms with van der Waals surface area (Å²) in [4.78, 5) is 26.8. The van der Waals surface area contributed by atoms with Crippen LogP contribution < -0.4 is 0 Å². The number of carboxylic acid groups (broad SMARTS) is 1. The summed E-state index contributed by atoms with van der Waals surface area (Å²) in [6, 6.07) is 16.2. The van der Waals surface area contributed by atoms with E-state index in [2.05, 4.69) is 24.3 Å². The number of fused-ring (bicyclic) bond motifs is 5. The summed E-state index contributed by atoms with van der Waals surface area (Å²) in [6.45, 7) is 0.475. The molecule has 3 aliphatic heterocycles. The molecular formula is C26H27NO6S. The van der Waals surface area contributed by atoms with Crippen LogP contribution in [0.2, 0.25) is 0 Å². The molecule has 2 bridgehead atoms. The Bertz CT molecular complexity index is 1220. The molecule has 2 aromatic rings. The molecule has 3 atom stereocenters. The Balaban J connectivity index is 1.21. The SMILES string of the molecule is O=C(O)C1CN(C(=O)OCC2c3ccccc3-c3ccccc32)CC12CC1CCC(C2)S1(=O)=O. The van der Waals surface area contributed by atoms with Crippen molar-refractivity contribution in [2.75, 3.05) is 19.7 Å². The molecule has 3 heterocycles. The number of hydrogen-bond donors (Lipinski definition) is 1. The Morgan fingerprint density at radius 2 is 1.53 bits per heavy atom. The molecule has 8 heteroatoms. The Kier molecular flexibility index (Phi) is 4.82. The average Bonchev–Trinajstić information content (AvgIpc) is 3.37. The smallest absolute Gasteiger partial charge is 0.409 e. The molecule has 1 aliphatic carbocycles. The Labute approximate surface area is 198 Å². The van der Waals surface area contributed by atoms with Gasteiger partial charge < -0.3 is 14.7 Å². The van der Waals surface area contributed by atoms with Gasteiger partial charge in [-0.15, -0.1) is 0 Å². The second kappa shape index (κ2) is 7.57. The van der Waals surface area contributed by atoms with Gasteiger partial charge in [-0.1, -0.05) is 48.5 Å². The number of hydrogen-bond acceptors (Lipinski definition) is 5. The quantitative estimate of drug-likeness (QED) is 0.718. The van der Waals surface area contributed by atoms with Gasteiger partial charge in [0.15, 0.2) is 9.84 Å². The molecule has 0 radical (unpaired) electrons. The lowest BCUT2D eigenvalue weighted by Crippen LogP contribution is -2.46. The van der Waals surface area contributed by atoms with Crippen LogP contribution in [-0.2, 0) is 19.4 Å². The molecule has 178 valence electrons. The second-order valence-corrected chi connectivity index (χ2v) is 12.8. The van der Waals surface area contributed by atoms with Crippen LogP contribution in [-0.4, -0.2) is 60.7 Å². The van der Waals surface area contributed by atoms with Gasteiger partial charge in [0.2, 0.25) is 0 Å². The van der Waals surface area contributed by atoms with Crippen molar-refractivity contribution in [3.8, 4) is 11.1 Å². The van der Waals surface area contributed by atoms with Gasteiger partial charge in [-0.25, -0.2) is 13.2 Å². The highest BCUT2D eigenvalue weighted by atomic mass is 32.2. The van der Waals surface area contributed by atoms with E-state index in [1.807, 2.05) is 24.3 Å². The van der Waals surface area contributed by atoms with Crippen LogP contribution in [0.4, 0.5) is 4.79 Å². The van der Waals surface area contributed by atoms with E-state index in [-0.39, 0.29) is 25.6 Å². The molecular weight excluding hydrogens is 454 g/mol. The first-order valence-electron chi connectivity index (χ1n) is 11.9. The van der Waals surface area contributed by atoms with E-state index in [1.165, 1.54) is 4.90 Å². The lowest BCUT2D eigenvalue weighted by molar-refractivity contribution is -0.145. The Morgan fingerprint density at radius 1 is 0.971 bits per heavy atom. The van der Waals surface area contributed by atoms with Crippen LogP contribution in [0.3, 0.4) is 0 Å².